The van der Waals surface area contributed by atoms with E-state index in [9.17, 15) is 23.1 Å². The number of rotatable bonds is 8. The lowest BCUT2D eigenvalue weighted by Gasteiger charge is -2.23. The normalized spacial score (nSPS) is 14.0. The smallest absolute Gasteiger partial charge is 0.311 e. The first kappa shape index (κ1) is 19.9. The summed E-state index contributed by atoms with van der Waals surface area (Å²) in [6, 6.07) is 2.99. The second-order valence-corrected chi connectivity index (χ2v) is 7.58. The summed E-state index contributed by atoms with van der Waals surface area (Å²) in [5.41, 5.74) is -0.207. The molecule has 1 rings (SSSR count). The first-order chi connectivity index (χ1) is 10.9. The van der Waals surface area contributed by atoms with E-state index in [4.69, 9.17) is 9.84 Å². The van der Waals surface area contributed by atoms with Gasteiger partial charge in [-0.25, -0.2) is 13.1 Å². The number of hydrogen-bond donors (Lipinski definition) is 3. The highest BCUT2D eigenvalue weighted by Gasteiger charge is 2.37. The fourth-order valence-corrected chi connectivity index (χ4v) is 3.42. The molecule has 1 aromatic carbocycles. The first-order valence-corrected chi connectivity index (χ1v) is 8.51. The van der Waals surface area contributed by atoms with Crippen LogP contribution in [0.25, 0.3) is 0 Å². The Bertz CT molecular complexity index is 757. The molecule has 0 spiro atoms. The second-order valence-electron chi connectivity index (χ2n) is 5.85. The number of aliphatic carboxylic acids is 2. The minimum Gasteiger partial charge on any atom is -0.495 e. The van der Waals surface area contributed by atoms with Crippen molar-refractivity contribution in [3.05, 3.63) is 23.3 Å². The third kappa shape index (κ3) is 4.45. The van der Waals surface area contributed by atoms with Gasteiger partial charge in [0.25, 0.3) is 0 Å². The third-order valence-electron chi connectivity index (χ3n) is 3.78. The van der Waals surface area contributed by atoms with Crippen molar-refractivity contribution >= 4 is 22.0 Å². The summed E-state index contributed by atoms with van der Waals surface area (Å²) in [5, 5.41) is 18.0. The molecule has 134 valence electrons. The van der Waals surface area contributed by atoms with E-state index in [0.29, 0.717) is 0 Å². The third-order valence-corrected chi connectivity index (χ3v) is 5.20. The predicted octanol–water partition coefficient (Wildman–Crippen LogP) is 1.16. The van der Waals surface area contributed by atoms with Gasteiger partial charge in [0.15, 0.2) is 0 Å². The van der Waals surface area contributed by atoms with Crippen molar-refractivity contribution in [2.75, 3.05) is 13.7 Å². The maximum Gasteiger partial charge on any atom is 0.311 e. The van der Waals surface area contributed by atoms with Crippen LogP contribution in [0.4, 0.5) is 0 Å². The maximum atomic E-state index is 12.5. The number of carbonyl (C=O) groups is 2. The zero-order valence-corrected chi connectivity index (χ0v) is 14.7. The Balaban J connectivity index is 3.16. The van der Waals surface area contributed by atoms with E-state index >= 15 is 0 Å². The summed E-state index contributed by atoms with van der Waals surface area (Å²) < 4.78 is 32.3. The quantitative estimate of drug-likeness (QED) is 0.635. The fourth-order valence-electron chi connectivity index (χ4n) is 2.01. The van der Waals surface area contributed by atoms with Crippen LogP contribution in [0.15, 0.2) is 17.0 Å². The average molecular weight is 359 g/mol. The zero-order chi connectivity index (χ0) is 18.7. The van der Waals surface area contributed by atoms with Crippen LogP contribution in [0.1, 0.15) is 24.5 Å². The minimum atomic E-state index is -4.08. The van der Waals surface area contributed by atoms with Gasteiger partial charge in [0.05, 0.1) is 18.9 Å². The number of ether oxygens (including phenoxy) is 1. The van der Waals surface area contributed by atoms with Crippen molar-refractivity contribution in [2.45, 2.75) is 32.1 Å². The Hall–Kier alpha value is -2.13. The molecule has 0 bridgehead atoms. The van der Waals surface area contributed by atoms with Gasteiger partial charge >= 0.3 is 11.9 Å². The molecule has 0 saturated heterocycles. The highest BCUT2D eigenvalue weighted by Crippen LogP contribution is 2.28. The molecule has 9 heteroatoms. The molecule has 0 aliphatic rings. The van der Waals surface area contributed by atoms with Crippen LogP contribution in [0.3, 0.4) is 0 Å². The first-order valence-electron chi connectivity index (χ1n) is 7.03. The monoisotopic (exact) mass is 359 g/mol. The van der Waals surface area contributed by atoms with Crippen molar-refractivity contribution in [1.29, 1.82) is 0 Å². The van der Waals surface area contributed by atoms with E-state index in [1.807, 2.05) is 0 Å². The lowest BCUT2D eigenvalue weighted by molar-refractivity contribution is -0.154. The van der Waals surface area contributed by atoms with Crippen LogP contribution in [-0.2, 0) is 19.6 Å². The highest BCUT2D eigenvalue weighted by molar-refractivity contribution is 7.89. The second kappa shape index (κ2) is 7.18. The molecule has 8 nitrogen and oxygen atoms in total. The molecule has 1 aromatic rings. The van der Waals surface area contributed by atoms with Gasteiger partial charge in [-0.2, -0.15) is 0 Å². The molecule has 0 aliphatic heterocycles. The van der Waals surface area contributed by atoms with Crippen molar-refractivity contribution in [1.82, 2.24) is 4.72 Å². The molecule has 0 fully saturated rings. The molecular formula is C15H21NO7S. The van der Waals surface area contributed by atoms with Gasteiger partial charge in [-0.3, -0.25) is 9.59 Å². The lowest BCUT2D eigenvalue weighted by atomic mass is 9.87. The average Bonchev–Trinajstić information content (AvgIpc) is 2.46. The topological polar surface area (TPSA) is 130 Å². The van der Waals surface area contributed by atoms with Crippen LogP contribution in [0.2, 0.25) is 0 Å². The Morgan fingerprint density at radius 3 is 2.21 bits per heavy atom. The summed E-state index contributed by atoms with van der Waals surface area (Å²) in [5.74, 6) is -2.61. The number of carboxylic acid groups (broad SMARTS) is 2. The molecule has 24 heavy (non-hydrogen) atoms. The van der Waals surface area contributed by atoms with Gasteiger partial charge < -0.3 is 14.9 Å². The fraction of sp³-hybridized carbons (Fsp3) is 0.467. The number of sulfonamides is 1. The molecule has 0 aromatic heterocycles. The molecule has 1 atom stereocenters. The maximum absolute atomic E-state index is 12.5. The summed E-state index contributed by atoms with van der Waals surface area (Å²) in [6.45, 7) is 4.15. The van der Waals surface area contributed by atoms with Gasteiger partial charge in [-0.1, -0.05) is 0 Å². The number of methoxy groups -OCH3 is 1. The number of benzene rings is 1. The Morgan fingerprint density at radius 2 is 1.75 bits per heavy atom. The van der Waals surface area contributed by atoms with Crippen LogP contribution in [0, 0.1) is 19.3 Å². The van der Waals surface area contributed by atoms with E-state index in [1.54, 1.807) is 19.9 Å². The predicted molar refractivity (Wildman–Crippen MR) is 85.7 cm³/mol. The van der Waals surface area contributed by atoms with Gasteiger partial charge in [-0.15, -0.1) is 0 Å². The number of carboxylic acids is 2. The molecule has 0 aliphatic carbocycles. The van der Waals surface area contributed by atoms with Crippen LogP contribution < -0.4 is 9.46 Å². The summed E-state index contributed by atoms with van der Waals surface area (Å²) in [6.07, 6.45) is -0.713. The summed E-state index contributed by atoms with van der Waals surface area (Å²) in [4.78, 5) is 22.0. The van der Waals surface area contributed by atoms with E-state index in [0.717, 1.165) is 11.1 Å². The molecule has 0 saturated carbocycles. The largest absolute Gasteiger partial charge is 0.495 e. The summed E-state index contributed by atoms with van der Waals surface area (Å²) in [7, 11) is -2.75. The van der Waals surface area contributed by atoms with Gasteiger partial charge in [-0.05, 0) is 44.0 Å². The van der Waals surface area contributed by atoms with Gasteiger partial charge in [0.2, 0.25) is 10.0 Å². The van der Waals surface area contributed by atoms with Crippen LogP contribution >= 0.6 is 0 Å². The highest BCUT2D eigenvalue weighted by atomic mass is 32.2. The number of aryl methyl sites for hydroxylation is 2. The van der Waals surface area contributed by atoms with E-state index in [-0.39, 0.29) is 10.6 Å². The Kier molecular flexibility index (Phi) is 5.96. The minimum absolute atomic E-state index is 0.126. The van der Waals surface area contributed by atoms with Gasteiger partial charge in [0.1, 0.15) is 10.6 Å². The van der Waals surface area contributed by atoms with Crippen molar-refractivity contribution in [3.8, 4) is 5.75 Å². The number of hydrogen-bond acceptors (Lipinski definition) is 5. The standard InChI is InChI=1S/C15H21NO7S/c1-9-5-11(23-4)12(6-10(9)2)24(21,22)16-8-15(3,14(19)20)7-13(17)18/h5-6,16H,7-8H2,1-4H3,(H,17,18)(H,19,20). The number of nitrogens with one attached hydrogen (secondary N) is 1. The zero-order valence-electron chi connectivity index (χ0n) is 13.9. The Morgan fingerprint density at radius 1 is 1.21 bits per heavy atom. The van der Waals surface area contributed by atoms with E-state index in [2.05, 4.69) is 4.72 Å². The molecular weight excluding hydrogens is 338 g/mol. The Labute approximate surface area is 140 Å². The molecule has 0 amide bonds. The van der Waals surface area contributed by atoms with Crippen molar-refractivity contribution in [3.63, 3.8) is 0 Å². The molecule has 3 N–H and O–H groups in total. The van der Waals surface area contributed by atoms with Crippen molar-refractivity contribution < 1.29 is 33.0 Å². The van der Waals surface area contributed by atoms with Crippen LogP contribution in [0.5, 0.6) is 5.75 Å². The molecule has 0 heterocycles. The SMILES string of the molecule is COc1cc(C)c(C)cc1S(=O)(=O)NCC(C)(CC(=O)O)C(=O)O. The summed E-state index contributed by atoms with van der Waals surface area (Å²) >= 11 is 0. The lowest BCUT2D eigenvalue weighted by Crippen LogP contribution is -2.42. The molecule has 1 unspecified atom stereocenters. The molecule has 0 radical (unpaired) electrons. The van der Waals surface area contributed by atoms with E-state index in [1.165, 1.54) is 20.1 Å². The van der Waals surface area contributed by atoms with Crippen molar-refractivity contribution in [2.24, 2.45) is 5.41 Å². The van der Waals surface area contributed by atoms with Crippen LogP contribution in [-0.4, -0.2) is 44.2 Å². The van der Waals surface area contributed by atoms with Gasteiger partial charge in [0, 0.05) is 6.54 Å². The van der Waals surface area contributed by atoms with E-state index < -0.39 is 40.3 Å².